The Morgan fingerprint density at radius 2 is 1.70 bits per heavy atom. The Bertz CT molecular complexity index is 933. The van der Waals surface area contributed by atoms with Crippen LogP contribution in [0.1, 0.15) is 20.1 Å². The van der Waals surface area contributed by atoms with Crippen molar-refractivity contribution >= 4 is 81.5 Å². The van der Waals surface area contributed by atoms with Gasteiger partial charge in [-0.3, -0.25) is 14.3 Å². The normalized spacial score (nSPS) is 23.8. The number of H-pyrrole nitrogens is 1. The van der Waals surface area contributed by atoms with E-state index in [0.29, 0.717) is 0 Å². The van der Waals surface area contributed by atoms with Crippen LogP contribution < -0.4 is 11.2 Å². The van der Waals surface area contributed by atoms with E-state index in [4.69, 9.17) is 83.8 Å². The van der Waals surface area contributed by atoms with Crippen LogP contribution in [0.4, 0.5) is 0 Å². The van der Waals surface area contributed by atoms with E-state index in [1.165, 1.54) is 6.20 Å². The third kappa shape index (κ3) is 5.76. The molecule has 15 heteroatoms. The number of nitrogens with zero attached hydrogens (tertiary/aromatic N) is 1. The van der Waals surface area contributed by atoms with Crippen molar-refractivity contribution in [2.75, 3.05) is 6.61 Å². The molecule has 1 fully saturated rings. The van der Waals surface area contributed by atoms with Gasteiger partial charge in [-0.1, -0.05) is 83.5 Å². The maximum Gasteiger partial charge on any atom is 0.358 e. The average Bonchev–Trinajstić information content (AvgIpc) is 2.82. The van der Waals surface area contributed by atoms with Crippen LogP contribution in [0, 0.1) is 5.41 Å². The minimum Gasteiger partial charge on any atom is -0.460 e. The van der Waals surface area contributed by atoms with Crippen LogP contribution in [0.5, 0.6) is 0 Å². The van der Waals surface area contributed by atoms with Crippen molar-refractivity contribution in [1.29, 1.82) is 0 Å². The molecular weight excluding hydrogens is 533 g/mol. The maximum atomic E-state index is 12.2. The SMILES string of the molecule is CC1(C)[C@H](OC(=O)C(Cl)(Cl)Cl)[C@@H](COC(=O)C(Cl)(Cl)Cl)O[C@H]1n1ccc(=O)[nH]c1=O. The Labute approximate surface area is 199 Å². The summed E-state index contributed by atoms with van der Waals surface area (Å²) in [5, 5.41) is 0. The summed E-state index contributed by atoms with van der Waals surface area (Å²) >= 11 is 33.1. The van der Waals surface area contributed by atoms with E-state index in [-0.39, 0.29) is 0 Å². The van der Waals surface area contributed by atoms with Gasteiger partial charge in [0.15, 0.2) is 0 Å². The molecule has 0 aromatic carbocycles. The van der Waals surface area contributed by atoms with Crippen LogP contribution in [-0.4, -0.2) is 47.9 Å². The van der Waals surface area contributed by atoms with Gasteiger partial charge < -0.3 is 14.2 Å². The number of esters is 2. The number of aromatic nitrogens is 2. The lowest BCUT2D eigenvalue weighted by atomic mass is 9.84. The summed E-state index contributed by atoms with van der Waals surface area (Å²) in [4.78, 5) is 49.6. The first-order valence-electron chi connectivity index (χ1n) is 8.04. The summed E-state index contributed by atoms with van der Waals surface area (Å²) in [6.45, 7) is 2.65. The number of halogens is 6. The molecule has 1 aromatic rings. The van der Waals surface area contributed by atoms with Crippen LogP contribution in [0.2, 0.25) is 0 Å². The lowest BCUT2D eigenvalue weighted by Crippen LogP contribution is -2.44. The highest BCUT2D eigenvalue weighted by Gasteiger charge is 2.56. The molecule has 0 unspecified atom stereocenters. The Balaban J connectivity index is 2.39. The third-order valence-corrected chi connectivity index (χ3v) is 5.12. The number of hydrogen-bond donors (Lipinski definition) is 1. The molecule has 1 aliphatic rings. The van der Waals surface area contributed by atoms with E-state index in [2.05, 4.69) is 4.98 Å². The van der Waals surface area contributed by atoms with Crippen molar-refractivity contribution in [2.45, 2.75) is 39.9 Å². The summed E-state index contributed by atoms with van der Waals surface area (Å²) in [5.74, 6) is -2.42. The van der Waals surface area contributed by atoms with Gasteiger partial charge in [0.25, 0.3) is 13.1 Å². The summed E-state index contributed by atoms with van der Waals surface area (Å²) in [7, 11) is 0. The number of carbonyl (C=O) groups is 2. The highest BCUT2D eigenvalue weighted by Crippen LogP contribution is 2.47. The molecule has 0 amide bonds. The number of hydrogen-bond acceptors (Lipinski definition) is 7. The number of aromatic amines is 1. The minimum atomic E-state index is -2.40. The molecule has 3 atom stereocenters. The smallest absolute Gasteiger partial charge is 0.358 e. The number of rotatable bonds is 4. The van der Waals surface area contributed by atoms with E-state index in [9.17, 15) is 19.2 Å². The molecular formula is C15H14Cl6N2O7. The molecule has 1 saturated heterocycles. The summed E-state index contributed by atoms with van der Waals surface area (Å²) < 4.78 is 12.3. The lowest BCUT2D eigenvalue weighted by molar-refractivity contribution is -0.159. The molecule has 0 spiro atoms. The molecule has 0 saturated carbocycles. The van der Waals surface area contributed by atoms with Gasteiger partial charge in [0.1, 0.15) is 25.0 Å². The summed E-state index contributed by atoms with van der Waals surface area (Å²) in [5.41, 5.74) is -2.55. The van der Waals surface area contributed by atoms with Crippen LogP contribution in [0.15, 0.2) is 21.9 Å². The highest BCUT2D eigenvalue weighted by molar-refractivity contribution is 6.76. The minimum absolute atomic E-state index is 0.525. The first kappa shape index (κ1) is 25.6. The standard InChI is InChI=1S/C15H14Cl6N2O7/c1-13(2)8(30-11(26)15(19,20)21)6(5-28-10(25)14(16,17)18)29-9(13)23-4-3-7(24)22-12(23)27/h3-4,6,8-9H,5H2,1-2H3,(H,22,24,27)/t6-,8-,9-/m1/s1. The Morgan fingerprint density at radius 1 is 1.13 bits per heavy atom. The van der Waals surface area contributed by atoms with Gasteiger partial charge >= 0.3 is 17.6 Å². The second-order valence-electron chi connectivity index (χ2n) is 6.79. The molecule has 2 heterocycles. The van der Waals surface area contributed by atoms with Gasteiger partial charge in [-0.15, -0.1) is 0 Å². The van der Waals surface area contributed by atoms with Crippen LogP contribution >= 0.6 is 69.6 Å². The van der Waals surface area contributed by atoms with E-state index in [0.717, 1.165) is 10.6 Å². The quantitative estimate of drug-likeness (QED) is 0.456. The monoisotopic (exact) mass is 544 g/mol. The van der Waals surface area contributed by atoms with Gasteiger partial charge in [-0.2, -0.15) is 0 Å². The molecule has 1 N–H and O–H groups in total. The molecule has 9 nitrogen and oxygen atoms in total. The van der Waals surface area contributed by atoms with Gasteiger partial charge in [0, 0.05) is 17.7 Å². The fourth-order valence-electron chi connectivity index (χ4n) is 2.84. The van der Waals surface area contributed by atoms with Gasteiger partial charge in [-0.05, 0) is 0 Å². The predicted octanol–water partition coefficient (Wildman–Crippen LogP) is 2.66. The first-order chi connectivity index (χ1) is 13.5. The third-order valence-electron chi connectivity index (χ3n) is 4.19. The van der Waals surface area contributed by atoms with Crippen molar-refractivity contribution in [2.24, 2.45) is 5.41 Å². The van der Waals surface area contributed by atoms with Crippen molar-refractivity contribution in [3.63, 3.8) is 0 Å². The Kier molecular flexibility index (Phi) is 7.72. The molecule has 30 heavy (non-hydrogen) atoms. The molecule has 0 radical (unpaired) electrons. The van der Waals surface area contributed by atoms with Gasteiger partial charge in [-0.25, -0.2) is 14.4 Å². The number of nitrogens with one attached hydrogen (secondary N) is 1. The zero-order valence-electron chi connectivity index (χ0n) is 15.2. The van der Waals surface area contributed by atoms with Crippen LogP contribution in [0.3, 0.4) is 0 Å². The molecule has 0 bridgehead atoms. The maximum absolute atomic E-state index is 12.2. The predicted molar refractivity (Wildman–Crippen MR) is 110 cm³/mol. The topological polar surface area (TPSA) is 117 Å². The zero-order chi connectivity index (χ0) is 23.1. The lowest BCUT2D eigenvalue weighted by Gasteiger charge is -2.32. The van der Waals surface area contributed by atoms with E-state index in [1.807, 2.05) is 0 Å². The molecule has 1 aliphatic heterocycles. The van der Waals surface area contributed by atoms with Crippen LogP contribution in [0.25, 0.3) is 0 Å². The average molecular weight is 547 g/mol. The van der Waals surface area contributed by atoms with Crippen molar-refractivity contribution in [1.82, 2.24) is 9.55 Å². The first-order valence-corrected chi connectivity index (χ1v) is 10.3. The fourth-order valence-corrected chi connectivity index (χ4v) is 3.14. The fraction of sp³-hybridized carbons (Fsp3) is 0.600. The second kappa shape index (κ2) is 9.05. The largest absolute Gasteiger partial charge is 0.460 e. The van der Waals surface area contributed by atoms with Gasteiger partial charge in [0.2, 0.25) is 0 Å². The van der Waals surface area contributed by atoms with Crippen molar-refractivity contribution in [3.8, 4) is 0 Å². The number of alkyl halides is 6. The second-order valence-corrected chi connectivity index (χ2v) is 11.3. The number of ether oxygens (including phenoxy) is 3. The van der Waals surface area contributed by atoms with Crippen molar-refractivity contribution in [3.05, 3.63) is 33.1 Å². The Morgan fingerprint density at radius 3 is 2.20 bits per heavy atom. The zero-order valence-corrected chi connectivity index (χ0v) is 19.7. The van der Waals surface area contributed by atoms with Crippen molar-refractivity contribution < 1.29 is 23.8 Å². The summed E-state index contributed by atoms with van der Waals surface area (Å²) in [6, 6.07) is 1.10. The van der Waals surface area contributed by atoms with E-state index in [1.54, 1.807) is 13.8 Å². The van der Waals surface area contributed by atoms with E-state index >= 15 is 0 Å². The van der Waals surface area contributed by atoms with Gasteiger partial charge in [0.05, 0.1) is 0 Å². The number of carbonyl (C=O) groups excluding carboxylic acids is 2. The Hall–Kier alpha value is -0.680. The van der Waals surface area contributed by atoms with E-state index < -0.39 is 61.2 Å². The highest BCUT2D eigenvalue weighted by atomic mass is 35.6. The van der Waals surface area contributed by atoms with Crippen LogP contribution in [-0.2, 0) is 23.8 Å². The summed E-state index contributed by atoms with van der Waals surface area (Å²) in [6.07, 6.45) is -2.20. The molecule has 2 rings (SSSR count). The molecule has 168 valence electrons. The molecule has 0 aliphatic carbocycles. The molecule has 1 aromatic heterocycles.